The number of nitrogen functional groups attached to an aromatic ring is 1. The second-order valence-corrected chi connectivity index (χ2v) is 5.31. The predicted octanol–water partition coefficient (Wildman–Crippen LogP) is 2.89. The average molecular weight is 251 g/mol. The summed E-state index contributed by atoms with van der Waals surface area (Å²) in [6.45, 7) is 0.710. The third-order valence-corrected chi connectivity index (χ3v) is 3.96. The Morgan fingerprint density at radius 2 is 2.22 bits per heavy atom. The zero-order valence-corrected chi connectivity index (χ0v) is 10.3. The standard InChI is InChI=1S/C14H18FNO2/c15-12-8-10(16)2-3-13(12)18-11-4-7-17-14(9-11)5-1-6-14/h2-3,8,11H,1,4-7,9,16H2. The molecular weight excluding hydrogens is 233 g/mol. The van der Waals surface area contributed by atoms with Gasteiger partial charge in [0.2, 0.25) is 0 Å². The van der Waals surface area contributed by atoms with Gasteiger partial charge in [0.05, 0.1) is 12.2 Å². The fourth-order valence-corrected chi connectivity index (χ4v) is 2.80. The molecule has 2 fully saturated rings. The summed E-state index contributed by atoms with van der Waals surface area (Å²) in [7, 11) is 0. The summed E-state index contributed by atoms with van der Waals surface area (Å²) in [6, 6.07) is 4.57. The summed E-state index contributed by atoms with van der Waals surface area (Å²) in [4.78, 5) is 0. The molecule has 98 valence electrons. The second kappa shape index (κ2) is 4.43. The van der Waals surface area contributed by atoms with Crippen LogP contribution in [0, 0.1) is 5.82 Å². The Morgan fingerprint density at radius 1 is 1.39 bits per heavy atom. The molecule has 1 aromatic rings. The molecule has 1 spiro atoms. The van der Waals surface area contributed by atoms with Crippen molar-refractivity contribution in [1.29, 1.82) is 0 Å². The lowest BCUT2D eigenvalue weighted by atomic mass is 9.74. The molecule has 1 atom stereocenters. The van der Waals surface area contributed by atoms with Crippen LogP contribution in [-0.2, 0) is 4.74 Å². The number of rotatable bonds is 2. The van der Waals surface area contributed by atoms with Gasteiger partial charge in [-0.15, -0.1) is 0 Å². The van der Waals surface area contributed by atoms with Gasteiger partial charge in [-0.2, -0.15) is 0 Å². The zero-order valence-electron chi connectivity index (χ0n) is 10.3. The highest BCUT2D eigenvalue weighted by atomic mass is 19.1. The van der Waals surface area contributed by atoms with E-state index in [0.29, 0.717) is 18.0 Å². The topological polar surface area (TPSA) is 44.5 Å². The van der Waals surface area contributed by atoms with Gasteiger partial charge in [-0.05, 0) is 31.4 Å². The van der Waals surface area contributed by atoms with Crippen LogP contribution in [0.1, 0.15) is 32.1 Å². The van der Waals surface area contributed by atoms with Gasteiger partial charge in [-0.25, -0.2) is 4.39 Å². The number of hydrogen-bond donors (Lipinski definition) is 1. The van der Waals surface area contributed by atoms with E-state index in [-0.39, 0.29) is 17.5 Å². The third kappa shape index (κ3) is 2.17. The number of nitrogens with two attached hydrogens (primary N) is 1. The summed E-state index contributed by atoms with van der Waals surface area (Å²) in [5.41, 5.74) is 5.96. The first-order valence-corrected chi connectivity index (χ1v) is 6.53. The molecule has 1 saturated carbocycles. The highest BCUT2D eigenvalue weighted by Gasteiger charge is 2.43. The van der Waals surface area contributed by atoms with E-state index in [1.54, 1.807) is 12.1 Å². The van der Waals surface area contributed by atoms with Crippen LogP contribution in [0.5, 0.6) is 5.75 Å². The molecule has 1 aliphatic carbocycles. The Labute approximate surface area is 106 Å². The Bertz CT molecular complexity index is 445. The Hall–Kier alpha value is -1.29. The molecule has 1 saturated heterocycles. The Morgan fingerprint density at radius 3 is 2.89 bits per heavy atom. The zero-order chi connectivity index (χ0) is 12.6. The molecule has 0 aromatic heterocycles. The molecule has 3 nitrogen and oxygen atoms in total. The van der Waals surface area contributed by atoms with Crippen LogP contribution < -0.4 is 10.5 Å². The molecule has 2 aliphatic rings. The van der Waals surface area contributed by atoms with Crippen molar-refractivity contribution in [2.75, 3.05) is 12.3 Å². The minimum atomic E-state index is -0.385. The summed E-state index contributed by atoms with van der Waals surface area (Å²) < 4.78 is 25.2. The van der Waals surface area contributed by atoms with Crippen LogP contribution in [0.2, 0.25) is 0 Å². The maximum atomic E-state index is 13.7. The van der Waals surface area contributed by atoms with Gasteiger partial charge in [0.25, 0.3) is 0 Å². The molecule has 1 heterocycles. The molecule has 4 heteroatoms. The fraction of sp³-hybridized carbons (Fsp3) is 0.571. The fourth-order valence-electron chi connectivity index (χ4n) is 2.80. The first-order chi connectivity index (χ1) is 8.67. The minimum absolute atomic E-state index is 0.0210. The predicted molar refractivity (Wildman–Crippen MR) is 67.0 cm³/mol. The molecular formula is C14H18FNO2. The van der Waals surface area contributed by atoms with Crippen molar-refractivity contribution in [3.8, 4) is 5.75 Å². The van der Waals surface area contributed by atoms with Gasteiger partial charge in [0, 0.05) is 24.6 Å². The molecule has 1 aromatic carbocycles. The highest BCUT2D eigenvalue weighted by molar-refractivity contribution is 5.42. The lowest BCUT2D eigenvalue weighted by Gasteiger charge is -2.46. The van der Waals surface area contributed by atoms with E-state index in [4.69, 9.17) is 15.2 Å². The van der Waals surface area contributed by atoms with E-state index in [1.807, 2.05) is 0 Å². The quantitative estimate of drug-likeness (QED) is 0.822. The van der Waals surface area contributed by atoms with Crippen LogP contribution in [0.15, 0.2) is 18.2 Å². The molecule has 1 unspecified atom stereocenters. The van der Waals surface area contributed by atoms with Crippen molar-refractivity contribution in [2.24, 2.45) is 0 Å². The van der Waals surface area contributed by atoms with Crippen molar-refractivity contribution in [3.05, 3.63) is 24.0 Å². The van der Waals surface area contributed by atoms with Crippen molar-refractivity contribution in [3.63, 3.8) is 0 Å². The maximum absolute atomic E-state index is 13.7. The van der Waals surface area contributed by atoms with E-state index < -0.39 is 0 Å². The van der Waals surface area contributed by atoms with Gasteiger partial charge in [0.15, 0.2) is 11.6 Å². The normalized spacial score (nSPS) is 25.7. The van der Waals surface area contributed by atoms with E-state index in [2.05, 4.69) is 0 Å². The lowest BCUT2D eigenvalue weighted by Crippen LogP contribution is -2.48. The molecule has 0 amide bonds. The SMILES string of the molecule is Nc1ccc(OC2CCOC3(CCC3)C2)c(F)c1. The van der Waals surface area contributed by atoms with E-state index >= 15 is 0 Å². The summed E-state index contributed by atoms with van der Waals surface area (Å²) in [5.74, 6) is -0.0882. The Balaban J connectivity index is 1.68. The third-order valence-electron chi connectivity index (χ3n) is 3.96. The number of anilines is 1. The van der Waals surface area contributed by atoms with Crippen molar-refractivity contribution < 1.29 is 13.9 Å². The van der Waals surface area contributed by atoms with Gasteiger partial charge < -0.3 is 15.2 Å². The monoisotopic (exact) mass is 251 g/mol. The first kappa shape index (κ1) is 11.8. The van der Waals surface area contributed by atoms with Crippen LogP contribution in [0.4, 0.5) is 10.1 Å². The summed E-state index contributed by atoms with van der Waals surface area (Å²) in [6.07, 6.45) is 5.19. The lowest BCUT2D eigenvalue weighted by molar-refractivity contribution is -0.153. The number of hydrogen-bond acceptors (Lipinski definition) is 3. The van der Waals surface area contributed by atoms with Crippen LogP contribution >= 0.6 is 0 Å². The van der Waals surface area contributed by atoms with E-state index in [1.165, 1.54) is 12.5 Å². The van der Waals surface area contributed by atoms with Gasteiger partial charge in [-0.3, -0.25) is 0 Å². The van der Waals surface area contributed by atoms with Crippen LogP contribution in [0.25, 0.3) is 0 Å². The maximum Gasteiger partial charge on any atom is 0.167 e. The molecule has 2 N–H and O–H groups in total. The largest absolute Gasteiger partial charge is 0.487 e. The Kier molecular flexibility index (Phi) is 2.90. The van der Waals surface area contributed by atoms with Crippen molar-refractivity contribution in [1.82, 2.24) is 0 Å². The van der Waals surface area contributed by atoms with Crippen LogP contribution in [0.3, 0.4) is 0 Å². The summed E-state index contributed by atoms with van der Waals surface area (Å²) >= 11 is 0. The highest BCUT2D eigenvalue weighted by Crippen LogP contribution is 2.43. The van der Waals surface area contributed by atoms with Crippen molar-refractivity contribution in [2.45, 2.75) is 43.8 Å². The molecule has 0 radical (unpaired) electrons. The van der Waals surface area contributed by atoms with Gasteiger partial charge in [-0.1, -0.05) is 0 Å². The van der Waals surface area contributed by atoms with E-state index in [9.17, 15) is 4.39 Å². The minimum Gasteiger partial charge on any atom is -0.487 e. The molecule has 0 bridgehead atoms. The second-order valence-electron chi connectivity index (χ2n) is 5.31. The average Bonchev–Trinajstić information content (AvgIpc) is 2.31. The molecule has 18 heavy (non-hydrogen) atoms. The summed E-state index contributed by atoms with van der Waals surface area (Å²) in [5, 5.41) is 0. The smallest absolute Gasteiger partial charge is 0.167 e. The molecule has 1 aliphatic heterocycles. The van der Waals surface area contributed by atoms with E-state index in [0.717, 1.165) is 25.7 Å². The van der Waals surface area contributed by atoms with Crippen LogP contribution in [-0.4, -0.2) is 18.3 Å². The van der Waals surface area contributed by atoms with Gasteiger partial charge in [0.1, 0.15) is 6.10 Å². The van der Waals surface area contributed by atoms with Crippen molar-refractivity contribution >= 4 is 5.69 Å². The number of ether oxygens (including phenoxy) is 2. The first-order valence-electron chi connectivity index (χ1n) is 6.53. The molecule has 3 rings (SSSR count). The van der Waals surface area contributed by atoms with Gasteiger partial charge >= 0.3 is 0 Å². The number of benzene rings is 1. The number of halogens is 1.